The summed E-state index contributed by atoms with van der Waals surface area (Å²) in [5.74, 6) is 0. The maximum atomic E-state index is 8.54. The van der Waals surface area contributed by atoms with Crippen LogP contribution in [0.15, 0.2) is 0 Å². The van der Waals surface area contributed by atoms with Gasteiger partial charge in [0.05, 0.1) is 12.7 Å². The van der Waals surface area contributed by atoms with Crippen LogP contribution in [-0.2, 0) is 4.74 Å². The SMILES string of the molecule is NC(CCO)COC1CCC1. The second-order valence-corrected chi connectivity index (χ2v) is 3.16. The van der Waals surface area contributed by atoms with Gasteiger partial charge >= 0.3 is 0 Å². The molecule has 0 aliphatic heterocycles. The van der Waals surface area contributed by atoms with Crippen LogP contribution < -0.4 is 5.73 Å². The summed E-state index contributed by atoms with van der Waals surface area (Å²) in [5, 5.41) is 8.54. The Morgan fingerprint density at radius 3 is 2.73 bits per heavy atom. The minimum Gasteiger partial charge on any atom is -0.396 e. The molecule has 0 radical (unpaired) electrons. The van der Waals surface area contributed by atoms with Crippen molar-refractivity contribution in [2.24, 2.45) is 5.73 Å². The molecule has 0 aromatic rings. The zero-order valence-corrected chi connectivity index (χ0v) is 6.83. The Hall–Kier alpha value is -0.120. The van der Waals surface area contributed by atoms with Crippen molar-refractivity contribution in [2.75, 3.05) is 13.2 Å². The standard InChI is InChI=1S/C8H17NO2/c9-7(4-5-10)6-11-8-2-1-3-8/h7-8,10H,1-6,9H2. The lowest BCUT2D eigenvalue weighted by molar-refractivity contribution is -0.00644. The first-order valence-corrected chi connectivity index (χ1v) is 4.31. The Balaban J connectivity index is 1.92. The van der Waals surface area contributed by atoms with Crippen molar-refractivity contribution in [3.05, 3.63) is 0 Å². The zero-order chi connectivity index (χ0) is 8.10. The van der Waals surface area contributed by atoms with Gasteiger partial charge in [-0.15, -0.1) is 0 Å². The average Bonchev–Trinajstić information content (AvgIpc) is 1.85. The third-order valence-corrected chi connectivity index (χ3v) is 2.10. The molecule has 1 saturated carbocycles. The molecule has 3 nitrogen and oxygen atoms in total. The van der Waals surface area contributed by atoms with Crippen molar-refractivity contribution in [3.63, 3.8) is 0 Å². The Morgan fingerprint density at radius 1 is 1.55 bits per heavy atom. The highest BCUT2D eigenvalue weighted by Crippen LogP contribution is 2.21. The third-order valence-electron chi connectivity index (χ3n) is 2.10. The second kappa shape index (κ2) is 4.70. The number of ether oxygens (including phenoxy) is 1. The van der Waals surface area contributed by atoms with Crippen molar-refractivity contribution in [3.8, 4) is 0 Å². The molecule has 1 unspecified atom stereocenters. The zero-order valence-electron chi connectivity index (χ0n) is 6.83. The highest BCUT2D eigenvalue weighted by molar-refractivity contribution is 4.70. The molecule has 11 heavy (non-hydrogen) atoms. The number of hydrogen-bond acceptors (Lipinski definition) is 3. The van der Waals surface area contributed by atoms with E-state index in [1.807, 2.05) is 0 Å². The van der Waals surface area contributed by atoms with Crippen LogP contribution >= 0.6 is 0 Å². The van der Waals surface area contributed by atoms with Crippen LogP contribution in [0.25, 0.3) is 0 Å². The molecule has 1 aliphatic rings. The van der Waals surface area contributed by atoms with Gasteiger partial charge in [-0.05, 0) is 25.7 Å². The van der Waals surface area contributed by atoms with Gasteiger partial charge in [0.25, 0.3) is 0 Å². The van der Waals surface area contributed by atoms with E-state index in [0.29, 0.717) is 19.1 Å². The number of rotatable bonds is 5. The van der Waals surface area contributed by atoms with E-state index in [1.165, 1.54) is 19.3 Å². The largest absolute Gasteiger partial charge is 0.396 e. The molecule has 66 valence electrons. The van der Waals surface area contributed by atoms with Crippen molar-refractivity contribution < 1.29 is 9.84 Å². The van der Waals surface area contributed by atoms with Gasteiger partial charge < -0.3 is 15.6 Å². The van der Waals surface area contributed by atoms with Gasteiger partial charge in [-0.25, -0.2) is 0 Å². The minimum atomic E-state index is 0.0144. The average molecular weight is 159 g/mol. The summed E-state index contributed by atoms with van der Waals surface area (Å²) >= 11 is 0. The number of aliphatic hydroxyl groups excluding tert-OH is 1. The molecule has 0 heterocycles. The molecule has 0 aromatic carbocycles. The van der Waals surface area contributed by atoms with Gasteiger partial charge in [-0.2, -0.15) is 0 Å². The Kier molecular flexibility index (Phi) is 3.83. The third kappa shape index (κ3) is 3.18. The van der Waals surface area contributed by atoms with Crippen LogP contribution in [0.5, 0.6) is 0 Å². The molecule has 3 N–H and O–H groups in total. The number of aliphatic hydroxyl groups is 1. The fourth-order valence-corrected chi connectivity index (χ4v) is 1.05. The van der Waals surface area contributed by atoms with Crippen LogP contribution in [0.1, 0.15) is 25.7 Å². The predicted molar refractivity (Wildman–Crippen MR) is 43.3 cm³/mol. The van der Waals surface area contributed by atoms with E-state index < -0.39 is 0 Å². The Labute approximate surface area is 67.5 Å². The van der Waals surface area contributed by atoms with Crippen LogP contribution in [0.2, 0.25) is 0 Å². The van der Waals surface area contributed by atoms with E-state index in [9.17, 15) is 0 Å². The van der Waals surface area contributed by atoms with E-state index in [2.05, 4.69) is 0 Å². The van der Waals surface area contributed by atoms with E-state index in [4.69, 9.17) is 15.6 Å². The molecular weight excluding hydrogens is 142 g/mol. The van der Waals surface area contributed by atoms with Gasteiger partial charge in [-0.1, -0.05) is 0 Å². The van der Waals surface area contributed by atoms with Crippen molar-refractivity contribution >= 4 is 0 Å². The molecule has 0 aromatic heterocycles. The fourth-order valence-electron chi connectivity index (χ4n) is 1.05. The first-order chi connectivity index (χ1) is 5.33. The molecule has 1 rings (SSSR count). The Morgan fingerprint density at radius 2 is 2.27 bits per heavy atom. The predicted octanol–water partition coefficient (Wildman–Crippen LogP) is 0.265. The van der Waals surface area contributed by atoms with E-state index in [-0.39, 0.29) is 12.6 Å². The molecule has 3 heteroatoms. The van der Waals surface area contributed by atoms with Crippen LogP contribution in [0, 0.1) is 0 Å². The summed E-state index contributed by atoms with van der Waals surface area (Å²) in [5.41, 5.74) is 5.63. The summed E-state index contributed by atoms with van der Waals surface area (Å²) in [7, 11) is 0. The molecular formula is C8H17NO2. The van der Waals surface area contributed by atoms with Crippen molar-refractivity contribution in [2.45, 2.75) is 37.8 Å². The highest BCUT2D eigenvalue weighted by atomic mass is 16.5. The first kappa shape index (κ1) is 8.97. The van der Waals surface area contributed by atoms with Gasteiger partial charge in [0, 0.05) is 12.6 Å². The topological polar surface area (TPSA) is 55.5 Å². The molecule has 0 bridgehead atoms. The second-order valence-electron chi connectivity index (χ2n) is 3.16. The quantitative estimate of drug-likeness (QED) is 0.605. The highest BCUT2D eigenvalue weighted by Gasteiger charge is 2.18. The fraction of sp³-hybridized carbons (Fsp3) is 1.00. The van der Waals surface area contributed by atoms with E-state index >= 15 is 0 Å². The maximum absolute atomic E-state index is 8.54. The van der Waals surface area contributed by atoms with Crippen LogP contribution in [-0.4, -0.2) is 30.5 Å². The molecule has 1 aliphatic carbocycles. The lowest BCUT2D eigenvalue weighted by atomic mass is 9.96. The summed E-state index contributed by atoms with van der Waals surface area (Å²) in [6.45, 7) is 0.764. The van der Waals surface area contributed by atoms with E-state index in [0.717, 1.165) is 0 Å². The van der Waals surface area contributed by atoms with Crippen LogP contribution in [0.4, 0.5) is 0 Å². The number of hydrogen-bond donors (Lipinski definition) is 2. The molecule has 1 atom stereocenters. The number of nitrogens with two attached hydrogens (primary N) is 1. The van der Waals surface area contributed by atoms with Crippen molar-refractivity contribution in [1.29, 1.82) is 0 Å². The van der Waals surface area contributed by atoms with Gasteiger partial charge in [0.1, 0.15) is 0 Å². The summed E-state index contributed by atoms with van der Waals surface area (Å²) < 4.78 is 5.46. The summed E-state index contributed by atoms with van der Waals surface area (Å²) in [4.78, 5) is 0. The smallest absolute Gasteiger partial charge is 0.0622 e. The van der Waals surface area contributed by atoms with Gasteiger partial charge in [-0.3, -0.25) is 0 Å². The molecule has 0 saturated heterocycles. The van der Waals surface area contributed by atoms with E-state index in [1.54, 1.807) is 0 Å². The molecule has 1 fully saturated rings. The monoisotopic (exact) mass is 159 g/mol. The van der Waals surface area contributed by atoms with Crippen LogP contribution in [0.3, 0.4) is 0 Å². The lowest BCUT2D eigenvalue weighted by Gasteiger charge is -2.26. The lowest BCUT2D eigenvalue weighted by Crippen LogP contribution is -2.32. The Bertz CT molecular complexity index is 104. The first-order valence-electron chi connectivity index (χ1n) is 4.31. The summed E-state index contributed by atoms with van der Waals surface area (Å²) in [6.07, 6.45) is 4.77. The minimum absolute atomic E-state index is 0.0144. The molecule has 0 spiro atoms. The summed E-state index contributed by atoms with van der Waals surface area (Å²) in [6, 6.07) is 0.0144. The molecule has 0 amide bonds. The maximum Gasteiger partial charge on any atom is 0.0622 e. The van der Waals surface area contributed by atoms with Crippen molar-refractivity contribution in [1.82, 2.24) is 0 Å². The van der Waals surface area contributed by atoms with Gasteiger partial charge in [0.15, 0.2) is 0 Å². The normalized spacial score (nSPS) is 21.3. The van der Waals surface area contributed by atoms with Gasteiger partial charge in [0.2, 0.25) is 0 Å².